The van der Waals surface area contributed by atoms with Crippen molar-refractivity contribution in [3.63, 3.8) is 0 Å². The Hall–Kier alpha value is -1.39. The summed E-state index contributed by atoms with van der Waals surface area (Å²) in [5.41, 5.74) is 0. The van der Waals surface area contributed by atoms with Crippen LogP contribution < -0.4 is 0 Å². The number of amides is 2. The van der Waals surface area contributed by atoms with Gasteiger partial charge in [-0.05, 0) is 12.8 Å². The third kappa shape index (κ3) is 3.04. The van der Waals surface area contributed by atoms with Crippen LogP contribution in [0.15, 0.2) is 0 Å². The molecule has 1 N–H and O–H groups in total. The Morgan fingerprint density at radius 2 is 1.93 bits per heavy atom. The third-order valence-corrected chi connectivity index (χ3v) is 2.65. The molecule has 0 aromatic rings. The van der Waals surface area contributed by atoms with Crippen molar-refractivity contribution in [1.82, 2.24) is 4.90 Å². The second-order valence-corrected chi connectivity index (χ2v) is 3.78. The van der Waals surface area contributed by atoms with Crippen LogP contribution in [0.4, 0.5) is 0 Å². The number of carbonyl (C=O) groups excluding carboxylic acids is 2. The van der Waals surface area contributed by atoms with Gasteiger partial charge in [0.1, 0.15) is 0 Å². The smallest absolute Gasteiger partial charge is 0.305 e. The van der Waals surface area contributed by atoms with E-state index in [-0.39, 0.29) is 30.7 Å². The molecule has 0 bridgehead atoms. The number of nitrogens with zero attached hydrogens (tertiary/aromatic N) is 1. The van der Waals surface area contributed by atoms with Crippen molar-refractivity contribution in [2.24, 2.45) is 5.92 Å². The van der Waals surface area contributed by atoms with E-state index in [1.807, 2.05) is 0 Å². The Balaban J connectivity index is 2.52. The third-order valence-electron chi connectivity index (χ3n) is 2.65. The lowest BCUT2D eigenvalue weighted by Gasteiger charge is -2.29. The summed E-state index contributed by atoms with van der Waals surface area (Å²) in [7, 11) is 0. The van der Waals surface area contributed by atoms with Gasteiger partial charge in [-0.15, -0.1) is 0 Å². The highest BCUT2D eigenvalue weighted by Gasteiger charge is 2.31. The molecule has 1 rings (SSSR count). The fourth-order valence-corrected chi connectivity index (χ4v) is 1.51. The maximum atomic E-state index is 11.7. The van der Waals surface area contributed by atoms with Crippen molar-refractivity contribution in [1.29, 1.82) is 0 Å². The van der Waals surface area contributed by atoms with E-state index >= 15 is 0 Å². The Kier molecular flexibility index (Phi) is 3.82. The van der Waals surface area contributed by atoms with Crippen LogP contribution in [0.25, 0.3) is 0 Å². The maximum absolute atomic E-state index is 11.7. The summed E-state index contributed by atoms with van der Waals surface area (Å²) in [6.07, 6.45) is 2.46. The zero-order valence-corrected chi connectivity index (χ0v) is 8.73. The van der Waals surface area contributed by atoms with Crippen LogP contribution in [0.5, 0.6) is 0 Å². The van der Waals surface area contributed by atoms with E-state index in [1.54, 1.807) is 0 Å². The predicted octanol–water partition coefficient (Wildman–Crippen LogP) is 0.636. The topological polar surface area (TPSA) is 74.7 Å². The molecule has 1 saturated carbocycles. The number of hydrogen-bond donors (Lipinski definition) is 1. The molecular formula is C10H15NO4. The summed E-state index contributed by atoms with van der Waals surface area (Å²) >= 11 is 0. The van der Waals surface area contributed by atoms with Crippen molar-refractivity contribution < 1.29 is 19.5 Å². The zero-order valence-electron chi connectivity index (χ0n) is 8.73. The molecule has 0 aromatic carbocycles. The molecule has 2 amide bonds. The van der Waals surface area contributed by atoms with Gasteiger partial charge in [0, 0.05) is 19.4 Å². The maximum Gasteiger partial charge on any atom is 0.305 e. The second kappa shape index (κ2) is 4.91. The zero-order chi connectivity index (χ0) is 11.4. The fourth-order valence-electron chi connectivity index (χ4n) is 1.51. The Bertz CT molecular complexity index is 283. The van der Waals surface area contributed by atoms with E-state index in [0.29, 0.717) is 0 Å². The van der Waals surface area contributed by atoms with Crippen molar-refractivity contribution >= 4 is 17.8 Å². The lowest BCUT2D eigenvalue weighted by Crippen LogP contribution is -2.42. The van der Waals surface area contributed by atoms with Crippen LogP contribution in [0.2, 0.25) is 0 Å². The lowest BCUT2D eigenvalue weighted by molar-refractivity contribution is -0.149. The summed E-state index contributed by atoms with van der Waals surface area (Å²) in [6.45, 7) is 1.28. The first-order chi connectivity index (χ1) is 7.02. The van der Waals surface area contributed by atoms with E-state index in [0.717, 1.165) is 24.2 Å². The molecular weight excluding hydrogens is 198 g/mol. The van der Waals surface area contributed by atoms with Crippen molar-refractivity contribution in [3.8, 4) is 0 Å². The van der Waals surface area contributed by atoms with Crippen LogP contribution in [-0.4, -0.2) is 34.3 Å². The minimum Gasteiger partial charge on any atom is -0.481 e. The number of hydrogen-bond acceptors (Lipinski definition) is 3. The fraction of sp³-hybridized carbons (Fsp3) is 0.700. The van der Waals surface area contributed by atoms with Gasteiger partial charge < -0.3 is 5.11 Å². The molecule has 0 unspecified atom stereocenters. The van der Waals surface area contributed by atoms with Crippen molar-refractivity contribution in [3.05, 3.63) is 0 Å². The van der Waals surface area contributed by atoms with Crippen LogP contribution >= 0.6 is 0 Å². The summed E-state index contributed by atoms with van der Waals surface area (Å²) < 4.78 is 0. The molecule has 5 heteroatoms. The van der Waals surface area contributed by atoms with Crippen LogP contribution in [0.1, 0.15) is 32.6 Å². The molecule has 0 spiro atoms. The number of carboxylic acid groups (broad SMARTS) is 1. The van der Waals surface area contributed by atoms with E-state index in [1.165, 1.54) is 6.92 Å². The van der Waals surface area contributed by atoms with Gasteiger partial charge in [-0.3, -0.25) is 19.3 Å². The molecule has 84 valence electrons. The minimum atomic E-state index is -0.998. The molecule has 1 aliphatic carbocycles. The number of aliphatic carboxylic acids is 1. The lowest BCUT2D eigenvalue weighted by atomic mass is 9.84. The Labute approximate surface area is 88.1 Å². The number of carbonyl (C=O) groups is 3. The summed E-state index contributed by atoms with van der Waals surface area (Å²) in [4.78, 5) is 34.3. The Morgan fingerprint density at radius 1 is 1.33 bits per heavy atom. The van der Waals surface area contributed by atoms with Crippen LogP contribution in [-0.2, 0) is 14.4 Å². The Morgan fingerprint density at radius 3 is 2.27 bits per heavy atom. The van der Waals surface area contributed by atoms with E-state index in [4.69, 9.17) is 5.11 Å². The average Bonchev–Trinajstić information content (AvgIpc) is 1.99. The van der Waals surface area contributed by atoms with Gasteiger partial charge in [0.05, 0.1) is 6.42 Å². The molecule has 0 aliphatic heterocycles. The van der Waals surface area contributed by atoms with Gasteiger partial charge in [-0.25, -0.2) is 0 Å². The molecule has 15 heavy (non-hydrogen) atoms. The number of carboxylic acids is 1. The summed E-state index contributed by atoms with van der Waals surface area (Å²) in [5, 5.41) is 8.49. The van der Waals surface area contributed by atoms with Gasteiger partial charge >= 0.3 is 5.97 Å². The standard InChI is InChI=1S/C10H15NO4/c1-7(12)11(6-5-9(13)14)10(15)8-3-2-4-8/h8H,2-6H2,1H3,(H,13,14). The second-order valence-electron chi connectivity index (χ2n) is 3.78. The quantitative estimate of drug-likeness (QED) is 0.743. The predicted molar refractivity (Wildman–Crippen MR) is 52.0 cm³/mol. The first-order valence-corrected chi connectivity index (χ1v) is 5.06. The average molecular weight is 213 g/mol. The normalized spacial score (nSPS) is 15.5. The first kappa shape index (κ1) is 11.7. The molecule has 1 fully saturated rings. The summed E-state index contributed by atoms with van der Waals surface area (Å²) in [6, 6.07) is 0. The van der Waals surface area contributed by atoms with Crippen molar-refractivity contribution in [2.75, 3.05) is 6.54 Å². The molecule has 0 aromatic heterocycles. The highest BCUT2D eigenvalue weighted by molar-refractivity contribution is 5.95. The van der Waals surface area contributed by atoms with Gasteiger partial charge in [-0.1, -0.05) is 6.42 Å². The van der Waals surface area contributed by atoms with Gasteiger partial charge in [0.2, 0.25) is 11.8 Å². The molecule has 0 saturated heterocycles. The highest BCUT2D eigenvalue weighted by atomic mass is 16.4. The molecule has 5 nitrogen and oxygen atoms in total. The number of rotatable bonds is 4. The molecule has 1 aliphatic rings. The summed E-state index contributed by atoms with van der Waals surface area (Å²) in [5.74, 6) is -1.64. The SMILES string of the molecule is CC(=O)N(CCC(=O)O)C(=O)C1CCC1. The van der Waals surface area contributed by atoms with Crippen LogP contribution in [0, 0.1) is 5.92 Å². The van der Waals surface area contributed by atoms with E-state index in [2.05, 4.69) is 0 Å². The molecule has 0 radical (unpaired) electrons. The van der Waals surface area contributed by atoms with Crippen molar-refractivity contribution in [2.45, 2.75) is 32.6 Å². The highest BCUT2D eigenvalue weighted by Crippen LogP contribution is 2.28. The first-order valence-electron chi connectivity index (χ1n) is 5.06. The minimum absolute atomic E-state index is 0.0139. The van der Waals surface area contributed by atoms with Gasteiger partial charge in [0.25, 0.3) is 0 Å². The molecule has 0 atom stereocenters. The molecule has 0 heterocycles. The van der Waals surface area contributed by atoms with Gasteiger partial charge in [-0.2, -0.15) is 0 Å². The number of imide groups is 1. The monoisotopic (exact) mass is 213 g/mol. The van der Waals surface area contributed by atoms with E-state index in [9.17, 15) is 14.4 Å². The largest absolute Gasteiger partial charge is 0.481 e. The van der Waals surface area contributed by atoms with Crippen LogP contribution in [0.3, 0.4) is 0 Å². The van der Waals surface area contributed by atoms with Gasteiger partial charge in [0.15, 0.2) is 0 Å². The van der Waals surface area contributed by atoms with E-state index < -0.39 is 5.97 Å².